The average Bonchev–Trinajstić information content (AvgIpc) is 3.47. The first-order valence-corrected chi connectivity index (χ1v) is 13.7. The molecule has 4 heterocycles. The van der Waals surface area contributed by atoms with Crippen LogP contribution in [0.1, 0.15) is 65.3 Å². The molecule has 1 saturated heterocycles. The first-order valence-electron chi connectivity index (χ1n) is 13.7. The summed E-state index contributed by atoms with van der Waals surface area (Å²) in [4.78, 5) is 63.8. The van der Waals surface area contributed by atoms with E-state index < -0.39 is 12.1 Å². The molecule has 0 saturated carbocycles. The van der Waals surface area contributed by atoms with Crippen LogP contribution in [0.5, 0.6) is 0 Å². The van der Waals surface area contributed by atoms with Gasteiger partial charge in [-0.25, -0.2) is 14.8 Å². The number of nitrogens with one attached hydrogen (secondary N) is 1. The number of hydrogen-bond donors (Lipinski definition) is 1. The van der Waals surface area contributed by atoms with Crippen molar-refractivity contribution in [1.82, 2.24) is 19.8 Å². The Hall–Kier alpha value is -4.37. The van der Waals surface area contributed by atoms with Crippen LogP contribution in [-0.2, 0) is 33.7 Å². The molecule has 216 valence electrons. The van der Waals surface area contributed by atoms with Crippen LogP contribution in [0.2, 0.25) is 0 Å². The van der Waals surface area contributed by atoms with Crippen molar-refractivity contribution in [3.05, 3.63) is 46.3 Å². The Morgan fingerprint density at radius 2 is 2.05 bits per heavy atom. The first kappa shape index (κ1) is 29.6. The standard InChI is InChI=1S/C29H35N7O5/c1-19(38)35-10-5-9-25(35)28(39)34(2)17-22-13-21-7-4-11-36(27(21)32-24(22)18-37)29(40)33-26-14-20(8-6-12-41-3)23(15-30)16-31-26/h13-14,16,18,25H,4-12,17H2,1-3H3,(H,31,33,40)/t25-/m1/s1. The first-order chi connectivity index (χ1) is 19.8. The van der Waals surface area contributed by atoms with Crippen LogP contribution in [0.25, 0.3) is 0 Å². The van der Waals surface area contributed by atoms with E-state index in [-0.39, 0.29) is 24.1 Å². The minimum atomic E-state index is -0.502. The van der Waals surface area contributed by atoms with Gasteiger partial charge >= 0.3 is 6.03 Å². The van der Waals surface area contributed by atoms with Gasteiger partial charge in [-0.05, 0) is 61.8 Å². The van der Waals surface area contributed by atoms with Crippen LogP contribution in [0.3, 0.4) is 0 Å². The number of likely N-dealkylation sites (tertiary alicyclic amines) is 1. The maximum absolute atomic E-state index is 13.3. The van der Waals surface area contributed by atoms with Crippen LogP contribution in [0.4, 0.5) is 16.4 Å². The number of aromatic nitrogens is 2. The van der Waals surface area contributed by atoms with Gasteiger partial charge in [0.15, 0.2) is 6.29 Å². The molecule has 41 heavy (non-hydrogen) atoms. The zero-order valence-electron chi connectivity index (χ0n) is 23.7. The van der Waals surface area contributed by atoms with Crippen molar-refractivity contribution < 1.29 is 23.9 Å². The summed E-state index contributed by atoms with van der Waals surface area (Å²) in [6.45, 7) is 3.13. The Morgan fingerprint density at radius 1 is 1.24 bits per heavy atom. The van der Waals surface area contributed by atoms with E-state index in [2.05, 4.69) is 21.4 Å². The molecule has 2 aromatic rings. The zero-order valence-corrected chi connectivity index (χ0v) is 23.7. The molecule has 1 N–H and O–H groups in total. The van der Waals surface area contributed by atoms with Crippen molar-refractivity contribution in [1.29, 1.82) is 5.26 Å². The Bertz CT molecular complexity index is 1370. The summed E-state index contributed by atoms with van der Waals surface area (Å²) in [5.41, 5.74) is 2.74. The number of hydrogen-bond acceptors (Lipinski definition) is 8. The number of aryl methyl sites for hydroxylation is 2. The molecule has 12 nitrogen and oxygen atoms in total. The number of nitriles is 1. The molecule has 0 aromatic carbocycles. The third kappa shape index (κ3) is 6.69. The summed E-state index contributed by atoms with van der Waals surface area (Å²) >= 11 is 0. The molecule has 0 bridgehead atoms. The Morgan fingerprint density at radius 3 is 2.76 bits per heavy atom. The lowest BCUT2D eigenvalue weighted by Gasteiger charge is -2.30. The number of urea groups is 1. The van der Waals surface area contributed by atoms with E-state index in [1.165, 1.54) is 22.9 Å². The summed E-state index contributed by atoms with van der Waals surface area (Å²) in [5.74, 6) is 0.397. The number of methoxy groups -OCH3 is 1. The van der Waals surface area contributed by atoms with Gasteiger partial charge in [-0.1, -0.05) is 0 Å². The van der Waals surface area contributed by atoms with Gasteiger partial charge in [0.2, 0.25) is 11.8 Å². The summed E-state index contributed by atoms with van der Waals surface area (Å²) in [7, 11) is 3.27. The largest absolute Gasteiger partial charge is 0.385 e. The SMILES string of the molecule is COCCCc1cc(NC(=O)N2CCCc3cc(CN(C)C(=O)[C@H]4CCCN4C(C)=O)c(C=O)nc32)ncc1C#N. The van der Waals surface area contributed by atoms with E-state index in [9.17, 15) is 24.4 Å². The minimum absolute atomic E-state index is 0.129. The molecule has 2 aliphatic rings. The number of nitrogens with zero attached hydrogens (tertiary/aromatic N) is 6. The molecule has 4 amide bonds. The number of anilines is 2. The van der Waals surface area contributed by atoms with E-state index in [0.717, 1.165) is 24.0 Å². The molecule has 0 aliphatic carbocycles. The molecule has 2 aliphatic heterocycles. The number of amides is 4. The molecule has 1 atom stereocenters. The summed E-state index contributed by atoms with van der Waals surface area (Å²) in [6, 6.07) is 4.71. The monoisotopic (exact) mass is 561 g/mol. The quantitative estimate of drug-likeness (QED) is 0.363. The molecule has 4 rings (SSSR count). The van der Waals surface area contributed by atoms with E-state index in [0.29, 0.717) is 74.4 Å². The second kappa shape index (κ2) is 13.3. The maximum Gasteiger partial charge on any atom is 0.328 e. The molecular weight excluding hydrogens is 526 g/mol. The van der Waals surface area contributed by atoms with Crippen LogP contribution in [-0.4, -0.2) is 83.8 Å². The smallest absolute Gasteiger partial charge is 0.328 e. The van der Waals surface area contributed by atoms with Crippen LogP contribution < -0.4 is 10.2 Å². The van der Waals surface area contributed by atoms with Crippen LogP contribution in [0.15, 0.2) is 18.3 Å². The van der Waals surface area contributed by atoms with E-state index >= 15 is 0 Å². The van der Waals surface area contributed by atoms with Crippen LogP contribution in [0, 0.1) is 11.3 Å². The topological polar surface area (TPSA) is 149 Å². The van der Waals surface area contributed by atoms with Crippen molar-refractivity contribution in [2.24, 2.45) is 0 Å². The number of carbonyl (C=O) groups is 4. The van der Waals surface area contributed by atoms with E-state index in [1.807, 2.05) is 6.07 Å². The van der Waals surface area contributed by atoms with E-state index in [1.54, 1.807) is 25.1 Å². The number of likely N-dealkylation sites (N-methyl/N-ethyl adjacent to an activating group) is 1. The van der Waals surface area contributed by atoms with Gasteiger partial charge in [-0.15, -0.1) is 0 Å². The molecule has 1 fully saturated rings. The summed E-state index contributed by atoms with van der Waals surface area (Å²) in [5, 5.41) is 12.2. The number of aldehydes is 1. The van der Waals surface area contributed by atoms with Gasteiger partial charge in [-0.2, -0.15) is 5.26 Å². The average molecular weight is 562 g/mol. The molecule has 0 radical (unpaired) electrons. The number of pyridine rings is 2. The van der Waals surface area contributed by atoms with Crippen molar-refractivity contribution >= 4 is 35.8 Å². The third-order valence-corrected chi connectivity index (χ3v) is 7.50. The lowest BCUT2D eigenvalue weighted by Crippen LogP contribution is -2.45. The van der Waals surface area contributed by atoms with Crippen molar-refractivity contribution in [2.75, 3.05) is 44.1 Å². The maximum atomic E-state index is 13.3. The highest BCUT2D eigenvalue weighted by atomic mass is 16.5. The lowest BCUT2D eigenvalue weighted by atomic mass is 10.0. The van der Waals surface area contributed by atoms with Gasteiger partial charge in [0.25, 0.3) is 0 Å². The molecule has 2 aromatic heterocycles. The Balaban J connectivity index is 1.51. The number of carbonyl (C=O) groups excluding carboxylic acids is 4. The number of fused-ring (bicyclic) bond motifs is 1. The number of ether oxygens (including phenoxy) is 1. The van der Waals surface area contributed by atoms with Crippen LogP contribution >= 0.6 is 0 Å². The summed E-state index contributed by atoms with van der Waals surface area (Å²) in [6.07, 6.45) is 6.13. The zero-order chi connectivity index (χ0) is 29.5. The van der Waals surface area contributed by atoms with Crippen molar-refractivity contribution in [2.45, 2.75) is 58.0 Å². The predicted molar refractivity (Wildman–Crippen MR) is 150 cm³/mol. The Kier molecular flexibility index (Phi) is 9.62. The highest BCUT2D eigenvalue weighted by Crippen LogP contribution is 2.29. The fourth-order valence-corrected chi connectivity index (χ4v) is 5.43. The fourth-order valence-electron chi connectivity index (χ4n) is 5.43. The van der Waals surface area contributed by atoms with Crippen molar-refractivity contribution in [3.8, 4) is 6.07 Å². The molecule has 0 spiro atoms. The lowest BCUT2D eigenvalue weighted by molar-refractivity contribution is -0.142. The summed E-state index contributed by atoms with van der Waals surface area (Å²) < 4.78 is 5.10. The number of rotatable bonds is 9. The van der Waals surface area contributed by atoms with Gasteiger partial charge in [0, 0.05) is 59.1 Å². The molecular formula is C29H35N7O5. The third-order valence-electron chi connectivity index (χ3n) is 7.50. The van der Waals surface area contributed by atoms with Gasteiger partial charge in [0.1, 0.15) is 29.4 Å². The molecule has 0 unspecified atom stereocenters. The predicted octanol–water partition coefficient (Wildman–Crippen LogP) is 2.69. The Labute approximate surface area is 239 Å². The second-order valence-corrected chi connectivity index (χ2v) is 10.3. The van der Waals surface area contributed by atoms with Gasteiger partial charge in [-0.3, -0.25) is 24.6 Å². The highest BCUT2D eigenvalue weighted by Gasteiger charge is 2.34. The van der Waals surface area contributed by atoms with Gasteiger partial charge < -0.3 is 14.5 Å². The minimum Gasteiger partial charge on any atom is -0.385 e. The van der Waals surface area contributed by atoms with E-state index in [4.69, 9.17) is 4.74 Å². The van der Waals surface area contributed by atoms with Gasteiger partial charge in [0.05, 0.1) is 5.56 Å². The normalized spacial score (nSPS) is 16.1. The highest BCUT2D eigenvalue weighted by molar-refractivity contribution is 6.01. The molecule has 12 heteroatoms. The van der Waals surface area contributed by atoms with Crippen molar-refractivity contribution in [3.63, 3.8) is 0 Å². The second-order valence-electron chi connectivity index (χ2n) is 10.3. The fraction of sp³-hybridized carbons (Fsp3) is 0.483.